The van der Waals surface area contributed by atoms with E-state index in [-0.39, 0.29) is 5.63 Å². The number of fused-ring (bicyclic) bond motifs is 2. The molecule has 0 saturated carbocycles. The Morgan fingerprint density at radius 2 is 1.93 bits per heavy atom. The fraction of sp³-hybridized carbons (Fsp3) is 0.375. The first kappa shape index (κ1) is 18.6. The van der Waals surface area contributed by atoms with Crippen LogP contribution in [-0.2, 0) is 13.0 Å². The molecule has 2 heterocycles. The minimum Gasteiger partial charge on any atom is -0.472 e. The zero-order chi connectivity index (χ0) is 19.8. The van der Waals surface area contributed by atoms with Gasteiger partial charge >= 0.3 is 5.63 Å². The van der Waals surface area contributed by atoms with Crippen molar-refractivity contribution in [3.63, 3.8) is 0 Å². The summed E-state index contributed by atoms with van der Waals surface area (Å²) in [6, 6.07) is 10.2. The van der Waals surface area contributed by atoms with Crippen LogP contribution in [-0.4, -0.2) is 6.73 Å². The molecular formula is C24H27NO3. The van der Waals surface area contributed by atoms with Crippen molar-refractivity contribution >= 4 is 16.7 Å². The van der Waals surface area contributed by atoms with E-state index in [1.807, 2.05) is 6.92 Å². The van der Waals surface area contributed by atoms with Crippen LogP contribution in [0.1, 0.15) is 47.6 Å². The minimum atomic E-state index is -0.283. The maximum atomic E-state index is 12.1. The predicted molar refractivity (Wildman–Crippen MR) is 113 cm³/mol. The third-order valence-corrected chi connectivity index (χ3v) is 5.82. The SMILES string of the molecule is CCCCc1cc(=O)oc2c(C)c3c(cc12)CN(c1cccc(C)c1C)CO3. The van der Waals surface area contributed by atoms with Gasteiger partial charge in [-0.15, -0.1) is 0 Å². The van der Waals surface area contributed by atoms with Gasteiger partial charge in [-0.2, -0.15) is 0 Å². The molecular weight excluding hydrogens is 350 g/mol. The van der Waals surface area contributed by atoms with Crippen LogP contribution < -0.4 is 15.3 Å². The van der Waals surface area contributed by atoms with E-state index in [4.69, 9.17) is 9.15 Å². The Balaban J connectivity index is 1.81. The van der Waals surface area contributed by atoms with E-state index < -0.39 is 0 Å². The van der Waals surface area contributed by atoms with Crippen LogP contribution in [0.3, 0.4) is 0 Å². The molecule has 146 valence electrons. The summed E-state index contributed by atoms with van der Waals surface area (Å²) < 4.78 is 11.7. The summed E-state index contributed by atoms with van der Waals surface area (Å²) in [4.78, 5) is 14.3. The number of unbranched alkanes of at least 4 members (excludes halogenated alkanes) is 1. The lowest BCUT2D eigenvalue weighted by Crippen LogP contribution is -2.33. The number of ether oxygens (including phenoxy) is 1. The van der Waals surface area contributed by atoms with Crippen molar-refractivity contribution < 1.29 is 9.15 Å². The molecule has 1 aromatic heterocycles. The molecule has 0 radical (unpaired) electrons. The number of nitrogens with zero attached hydrogens (tertiary/aromatic N) is 1. The van der Waals surface area contributed by atoms with Crippen molar-refractivity contribution in [2.24, 2.45) is 0 Å². The normalized spacial score (nSPS) is 13.5. The van der Waals surface area contributed by atoms with Crippen LogP contribution in [0.25, 0.3) is 11.0 Å². The molecule has 0 spiro atoms. The second-order valence-corrected chi connectivity index (χ2v) is 7.75. The Bertz CT molecular complexity index is 1100. The first-order valence-corrected chi connectivity index (χ1v) is 10.0. The van der Waals surface area contributed by atoms with E-state index >= 15 is 0 Å². The van der Waals surface area contributed by atoms with E-state index in [0.717, 1.165) is 53.6 Å². The molecule has 0 saturated heterocycles. The van der Waals surface area contributed by atoms with E-state index in [2.05, 4.69) is 49.9 Å². The molecule has 1 aliphatic heterocycles. The Labute approximate surface area is 165 Å². The molecule has 1 aliphatic rings. The number of hydrogen-bond acceptors (Lipinski definition) is 4. The van der Waals surface area contributed by atoms with E-state index in [0.29, 0.717) is 12.3 Å². The standard InChI is InChI=1S/C24H27NO3/c1-5-6-9-18-12-22(26)28-24-17(4)23-19(11-20(18)24)13-25(14-27-23)21-10-7-8-15(2)16(21)3/h7-8,10-12H,5-6,9,13-14H2,1-4H3. The summed E-state index contributed by atoms with van der Waals surface area (Å²) in [6.45, 7) is 9.71. The van der Waals surface area contributed by atoms with Gasteiger partial charge < -0.3 is 14.1 Å². The molecule has 0 amide bonds. The Morgan fingerprint density at radius 3 is 2.71 bits per heavy atom. The predicted octanol–water partition coefficient (Wildman–Crippen LogP) is 5.42. The number of aryl methyl sites for hydroxylation is 3. The van der Waals surface area contributed by atoms with Gasteiger partial charge in [-0.25, -0.2) is 4.79 Å². The quantitative estimate of drug-likeness (QED) is 0.570. The molecule has 0 N–H and O–H groups in total. The number of benzene rings is 2. The first-order chi connectivity index (χ1) is 13.5. The second kappa shape index (κ2) is 7.34. The fourth-order valence-corrected chi connectivity index (χ4v) is 4.09. The van der Waals surface area contributed by atoms with Gasteiger partial charge in [0.15, 0.2) is 6.73 Å². The first-order valence-electron chi connectivity index (χ1n) is 10.0. The number of hydrogen-bond donors (Lipinski definition) is 0. The van der Waals surface area contributed by atoms with E-state index in [9.17, 15) is 4.79 Å². The maximum Gasteiger partial charge on any atom is 0.336 e. The second-order valence-electron chi connectivity index (χ2n) is 7.75. The molecule has 0 atom stereocenters. The van der Waals surface area contributed by atoms with Crippen LogP contribution in [0.4, 0.5) is 5.69 Å². The molecule has 28 heavy (non-hydrogen) atoms. The Kier molecular flexibility index (Phi) is 4.88. The van der Waals surface area contributed by atoms with E-state index in [1.165, 1.54) is 16.8 Å². The monoisotopic (exact) mass is 377 g/mol. The largest absolute Gasteiger partial charge is 0.472 e. The van der Waals surface area contributed by atoms with Gasteiger partial charge in [0.1, 0.15) is 11.3 Å². The molecule has 0 fully saturated rings. The zero-order valence-corrected chi connectivity index (χ0v) is 17.1. The van der Waals surface area contributed by atoms with Crippen molar-refractivity contribution in [3.05, 3.63) is 68.6 Å². The zero-order valence-electron chi connectivity index (χ0n) is 17.1. The van der Waals surface area contributed by atoms with Crippen LogP contribution in [0.5, 0.6) is 5.75 Å². The van der Waals surface area contributed by atoms with Gasteiger partial charge in [0, 0.05) is 34.8 Å². The van der Waals surface area contributed by atoms with Crippen LogP contribution >= 0.6 is 0 Å². The van der Waals surface area contributed by atoms with Crippen molar-refractivity contribution in [3.8, 4) is 5.75 Å². The molecule has 0 bridgehead atoms. The third-order valence-electron chi connectivity index (χ3n) is 5.82. The molecule has 4 rings (SSSR count). The Morgan fingerprint density at radius 1 is 1.11 bits per heavy atom. The van der Waals surface area contributed by atoms with Gasteiger partial charge in [0.05, 0.1) is 0 Å². The maximum absolute atomic E-state index is 12.1. The van der Waals surface area contributed by atoms with Gasteiger partial charge in [0.2, 0.25) is 0 Å². The molecule has 4 nitrogen and oxygen atoms in total. The van der Waals surface area contributed by atoms with Crippen molar-refractivity contribution in [2.45, 2.75) is 53.5 Å². The van der Waals surface area contributed by atoms with Crippen LogP contribution in [0.2, 0.25) is 0 Å². The highest BCUT2D eigenvalue weighted by Crippen LogP contribution is 2.37. The third kappa shape index (κ3) is 3.17. The van der Waals surface area contributed by atoms with Gasteiger partial charge in [-0.1, -0.05) is 25.5 Å². The number of anilines is 1. The van der Waals surface area contributed by atoms with Gasteiger partial charge in [-0.05, 0) is 62.4 Å². The summed E-state index contributed by atoms with van der Waals surface area (Å²) in [5.41, 5.74) is 7.28. The molecule has 0 unspecified atom stereocenters. The lowest BCUT2D eigenvalue weighted by Gasteiger charge is -2.33. The highest BCUT2D eigenvalue weighted by Gasteiger charge is 2.24. The lowest BCUT2D eigenvalue weighted by molar-refractivity contribution is 0.287. The summed E-state index contributed by atoms with van der Waals surface area (Å²) >= 11 is 0. The highest BCUT2D eigenvalue weighted by atomic mass is 16.5. The van der Waals surface area contributed by atoms with Gasteiger partial charge in [-0.3, -0.25) is 0 Å². The molecule has 4 heteroatoms. The summed E-state index contributed by atoms with van der Waals surface area (Å²) in [5, 5.41) is 1.04. The number of rotatable bonds is 4. The summed E-state index contributed by atoms with van der Waals surface area (Å²) in [7, 11) is 0. The van der Waals surface area contributed by atoms with Crippen LogP contribution in [0, 0.1) is 20.8 Å². The topological polar surface area (TPSA) is 42.7 Å². The van der Waals surface area contributed by atoms with Gasteiger partial charge in [0.25, 0.3) is 0 Å². The molecule has 0 aliphatic carbocycles. The smallest absolute Gasteiger partial charge is 0.336 e. The fourth-order valence-electron chi connectivity index (χ4n) is 4.09. The molecule has 2 aromatic carbocycles. The van der Waals surface area contributed by atoms with Crippen LogP contribution in [0.15, 0.2) is 39.5 Å². The Hall–Kier alpha value is -2.75. The highest BCUT2D eigenvalue weighted by molar-refractivity contribution is 5.86. The molecule has 3 aromatic rings. The van der Waals surface area contributed by atoms with E-state index in [1.54, 1.807) is 6.07 Å². The summed E-state index contributed by atoms with van der Waals surface area (Å²) in [6.07, 6.45) is 3.04. The van der Waals surface area contributed by atoms with Crippen molar-refractivity contribution in [1.29, 1.82) is 0 Å². The average Bonchev–Trinajstić information content (AvgIpc) is 2.69. The summed E-state index contributed by atoms with van der Waals surface area (Å²) in [5.74, 6) is 0.852. The minimum absolute atomic E-state index is 0.283. The lowest BCUT2D eigenvalue weighted by atomic mass is 9.98. The average molecular weight is 377 g/mol. The van der Waals surface area contributed by atoms with Crippen molar-refractivity contribution in [2.75, 3.05) is 11.6 Å². The van der Waals surface area contributed by atoms with Crippen molar-refractivity contribution in [1.82, 2.24) is 0 Å².